The lowest BCUT2D eigenvalue weighted by Crippen LogP contribution is -2.08. The Bertz CT molecular complexity index is 928. The number of aromatic nitrogens is 3. The SMILES string of the molecule is CCOC(=O)CSc1nnc(-c2ccccc2Br)n1-c1ccc(OC)cc1. The Kier molecular flexibility index (Phi) is 6.52. The lowest BCUT2D eigenvalue weighted by molar-refractivity contribution is -0.139. The van der Waals surface area contributed by atoms with Gasteiger partial charge in [-0.05, 0) is 37.3 Å². The number of nitrogens with zero attached hydrogens (tertiary/aromatic N) is 3. The van der Waals surface area contributed by atoms with E-state index in [4.69, 9.17) is 9.47 Å². The minimum Gasteiger partial charge on any atom is -0.497 e. The van der Waals surface area contributed by atoms with Crippen LogP contribution < -0.4 is 4.74 Å². The zero-order valence-electron chi connectivity index (χ0n) is 14.9. The number of rotatable bonds is 7. The summed E-state index contributed by atoms with van der Waals surface area (Å²) in [6.45, 7) is 2.14. The Morgan fingerprint density at radius 2 is 1.89 bits per heavy atom. The normalized spacial score (nSPS) is 10.6. The largest absolute Gasteiger partial charge is 0.497 e. The summed E-state index contributed by atoms with van der Waals surface area (Å²) in [6.07, 6.45) is 0. The molecule has 0 atom stereocenters. The topological polar surface area (TPSA) is 66.2 Å². The van der Waals surface area contributed by atoms with Crippen LogP contribution >= 0.6 is 27.7 Å². The third-order valence-electron chi connectivity index (χ3n) is 3.70. The van der Waals surface area contributed by atoms with Gasteiger partial charge < -0.3 is 9.47 Å². The summed E-state index contributed by atoms with van der Waals surface area (Å²) in [7, 11) is 1.63. The molecule has 0 unspecified atom stereocenters. The molecule has 0 saturated carbocycles. The van der Waals surface area contributed by atoms with Crippen molar-refractivity contribution in [2.75, 3.05) is 19.5 Å². The van der Waals surface area contributed by atoms with Gasteiger partial charge in [0, 0.05) is 15.7 Å². The molecule has 0 amide bonds. The molecule has 0 N–H and O–H groups in total. The molecule has 1 aromatic heterocycles. The number of ether oxygens (including phenoxy) is 2. The van der Waals surface area contributed by atoms with E-state index in [9.17, 15) is 4.79 Å². The first-order valence-corrected chi connectivity index (χ1v) is 10.0. The van der Waals surface area contributed by atoms with Crippen molar-refractivity contribution >= 4 is 33.7 Å². The van der Waals surface area contributed by atoms with Crippen molar-refractivity contribution in [2.24, 2.45) is 0 Å². The number of hydrogen-bond acceptors (Lipinski definition) is 6. The van der Waals surface area contributed by atoms with Gasteiger partial charge >= 0.3 is 5.97 Å². The highest BCUT2D eigenvalue weighted by molar-refractivity contribution is 9.10. The second kappa shape index (κ2) is 9.05. The number of carbonyl (C=O) groups is 1. The van der Waals surface area contributed by atoms with Gasteiger partial charge in [0.05, 0.1) is 19.5 Å². The molecule has 0 radical (unpaired) electrons. The summed E-state index contributed by atoms with van der Waals surface area (Å²) < 4.78 is 13.1. The van der Waals surface area contributed by atoms with Crippen LogP contribution in [0.2, 0.25) is 0 Å². The van der Waals surface area contributed by atoms with E-state index in [1.807, 2.05) is 53.1 Å². The number of thioether (sulfide) groups is 1. The van der Waals surface area contributed by atoms with Crippen molar-refractivity contribution in [3.05, 3.63) is 53.0 Å². The molecular weight excluding hydrogens is 430 g/mol. The zero-order valence-corrected chi connectivity index (χ0v) is 17.3. The number of carbonyl (C=O) groups excluding carboxylic acids is 1. The summed E-state index contributed by atoms with van der Waals surface area (Å²) in [5.74, 6) is 1.32. The molecule has 1 heterocycles. The van der Waals surface area contributed by atoms with Crippen LogP contribution in [0.5, 0.6) is 5.75 Å². The fourth-order valence-corrected chi connectivity index (χ4v) is 3.68. The lowest BCUT2D eigenvalue weighted by Gasteiger charge is -2.12. The molecule has 0 aliphatic heterocycles. The first-order valence-electron chi connectivity index (χ1n) is 8.27. The van der Waals surface area contributed by atoms with Crippen molar-refractivity contribution < 1.29 is 14.3 Å². The van der Waals surface area contributed by atoms with Crippen LogP contribution in [0, 0.1) is 0 Å². The maximum atomic E-state index is 11.8. The van der Waals surface area contributed by atoms with Gasteiger partial charge in [0.1, 0.15) is 5.75 Å². The van der Waals surface area contributed by atoms with Gasteiger partial charge in [0.25, 0.3) is 0 Å². The smallest absolute Gasteiger partial charge is 0.316 e. The van der Waals surface area contributed by atoms with E-state index in [-0.39, 0.29) is 11.7 Å². The summed E-state index contributed by atoms with van der Waals surface area (Å²) in [5, 5.41) is 9.28. The van der Waals surface area contributed by atoms with Crippen LogP contribution in [0.3, 0.4) is 0 Å². The van der Waals surface area contributed by atoms with Crippen molar-refractivity contribution in [1.82, 2.24) is 14.8 Å². The van der Waals surface area contributed by atoms with Gasteiger partial charge in [0.2, 0.25) is 0 Å². The Labute approximate surface area is 170 Å². The van der Waals surface area contributed by atoms with E-state index in [1.165, 1.54) is 11.8 Å². The zero-order chi connectivity index (χ0) is 19.2. The average Bonchev–Trinajstić information content (AvgIpc) is 3.11. The van der Waals surface area contributed by atoms with Crippen molar-refractivity contribution in [1.29, 1.82) is 0 Å². The van der Waals surface area contributed by atoms with Gasteiger partial charge in [-0.15, -0.1) is 10.2 Å². The maximum absolute atomic E-state index is 11.8. The highest BCUT2D eigenvalue weighted by Gasteiger charge is 2.19. The number of esters is 1. The van der Waals surface area contributed by atoms with Crippen LogP contribution in [-0.4, -0.2) is 40.2 Å². The average molecular weight is 448 g/mol. The summed E-state index contributed by atoms with van der Waals surface area (Å²) in [6, 6.07) is 15.4. The van der Waals surface area contributed by atoms with E-state index < -0.39 is 0 Å². The predicted octanol–water partition coefficient (Wildman–Crippen LogP) is 4.36. The van der Waals surface area contributed by atoms with Crippen LogP contribution in [0.4, 0.5) is 0 Å². The molecule has 6 nitrogen and oxygen atoms in total. The fraction of sp³-hybridized carbons (Fsp3) is 0.211. The lowest BCUT2D eigenvalue weighted by atomic mass is 10.2. The van der Waals surface area contributed by atoms with Gasteiger partial charge in [-0.2, -0.15) is 0 Å². The number of methoxy groups -OCH3 is 1. The molecule has 3 aromatic rings. The molecule has 0 bridgehead atoms. The van der Waals surface area contributed by atoms with Gasteiger partial charge in [-0.25, -0.2) is 0 Å². The van der Waals surface area contributed by atoms with Crippen molar-refractivity contribution in [2.45, 2.75) is 12.1 Å². The van der Waals surface area contributed by atoms with E-state index in [1.54, 1.807) is 14.0 Å². The van der Waals surface area contributed by atoms with E-state index in [0.29, 0.717) is 17.6 Å². The molecule has 0 spiro atoms. The quantitative estimate of drug-likeness (QED) is 0.395. The standard InChI is InChI=1S/C19H18BrN3O3S/c1-3-26-17(24)12-27-19-22-21-18(15-6-4-5-7-16(15)20)23(19)13-8-10-14(25-2)11-9-13/h4-11H,3,12H2,1-2H3. The molecule has 0 fully saturated rings. The molecule has 3 rings (SSSR count). The Hall–Kier alpha value is -2.32. The summed E-state index contributed by atoms with van der Waals surface area (Å²) in [5.41, 5.74) is 1.78. The monoisotopic (exact) mass is 447 g/mol. The molecule has 0 aliphatic carbocycles. The Morgan fingerprint density at radius 3 is 2.56 bits per heavy atom. The summed E-state index contributed by atoms with van der Waals surface area (Å²) >= 11 is 4.86. The number of hydrogen-bond donors (Lipinski definition) is 0. The molecule has 0 saturated heterocycles. The van der Waals surface area contributed by atoms with Gasteiger partial charge in [-0.1, -0.05) is 45.9 Å². The molecule has 2 aromatic carbocycles. The highest BCUT2D eigenvalue weighted by atomic mass is 79.9. The third-order valence-corrected chi connectivity index (χ3v) is 5.30. The molecule has 27 heavy (non-hydrogen) atoms. The van der Waals surface area contributed by atoms with E-state index in [0.717, 1.165) is 21.5 Å². The highest BCUT2D eigenvalue weighted by Crippen LogP contribution is 2.32. The van der Waals surface area contributed by atoms with Crippen LogP contribution in [0.25, 0.3) is 17.1 Å². The summed E-state index contributed by atoms with van der Waals surface area (Å²) in [4.78, 5) is 11.8. The van der Waals surface area contributed by atoms with Crippen molar-refractivity contribution in [3.63, 3.8) is 0 Å². The van der Waals surface area contributed by atoms with Gasteiger partial charge in [0.15, 0.2) is 11.0 Å². The number of halogens is 1. The van der Waals surface area contributed by atoms with Crippen LogP contribution in [-0.2, 0) is 9.53 Å². The molecular formula is C19H18BrN3O3S. The minimum absolute atomic E-state index is 0.165. The predicted molar refractivity (Wildman–Crippen MR) is 108 cm³/mol. The van der Waals surface area contributed by atoms with Gasteiger partial charge in [-0.3, -0.25) is 9.36 Å². The third kappa shape index (κ3) is 4.51. The maximum Gasteiger partial charge on any atom is 0.316 e. The molecule has 140 valence electrons. The molecule has 8 heteroatoms. The Morgan fingerprint density at radius 1 is 1.15 bits per heavy atom. The van der Waals surface area contributed by atoms with Crippen molar-refractivity contribution in [3.8, 4) is 22.8 Å². The van der Waals surface area contributed by atoms with E-state index >= 15 is 0 Å². The first-order chi connectivity index (χ1) is 13.1. The number of benzene rings is 2. The van der Waals surface area contributed by atoms with Crippen LogP contribution in [0.1, 0.15) is 6.92 Å². The fourth-order valence-electron chi connectivity index (χ4n) is 2.47. The molecule has 0 aliphatic rings. The Balaban J connectivity index is 2.03. The second-order valence-electron chi connectivity index (χ2n) is 5.41. The second-order valence-corrected chi connectivity index (χ2v) is 7.21. The van der Waals surface area contributed by atoms with E-state index in [2.05, 4.69) is 26.1 Å². The minimum atomic E-state index is -0.283. The van der Waals surface area contributed by atoms with Crippen LogP contribution in [0.15, 0.2) is 58.2 Å². The first kappa shape index (κ1) is 19.4.